The van der Waals surface area contributed by atoms with Crippen LogP contribution >= 0.6 is 11.8 Å². The van der Waals surface area contributed by atoms with E-state index in [0.29, 0.717) is 5.56 Å². The van der Waals surface area contributed by atoms with Crippen molar-refractivity contribution in [3.05, 3.63) is 83.4 Å². The molecule has 1 aliphatic heterocycles. The molecule has 1 aliphatic rings. The number of hydrogen-bond donors (Lipinski definition) is 0. The maximum absolute atomic E-state index is 12.9. The second-order valence-corrected chi connectivity index (χ2v) is 9.63. The van der Waals surface area contributed by atoms with Gasteiger partial charge < -0.3 is 23.7 Å². The fourth-order valence-corrected chi connectivity index (χ4v) is 4.85. The molecule has 0 aliphatic carbocycles. The van der Waals surface area contributed by atoms with E-state index in [0.717, 1.165) is 22.9 Å². The summed E-state index contributed by atoms with van der Waals surface area (Å²) in [5.41, 5.74) is 1.52. The highest BCUT2D eigenvalue weighted by Crippen LogP contribution is 2.40. The predicted octanol–water partition coefficient (Wildman–Crippen LogP) is 4.40. The number of thioether (sulfide) groups is 1. The zero-order chi connectivity index (χ0) is 26.9. The van der Waals surface area contributed by atoms with Crippen LogP contribution in [-0.4, -0.2) is 60.2 Å². The highest BCUT2D eigenvalue weighted by molar-refractivity contribution is 8.00. The third-order valence-corrected chi connectivity index (χ3v) is 6.68. The van der Waals surface area contributed by atoms with E-state index in [-0.39, 0.29) is 18.8 Å². The summed E-state index contributed by atoms with van der Waals surface area (Å²) < 4.78 is 26.9. The first-order chi connectivity index (χ1) is 17.7. The summed E-state index contributed by atoms with van der Waals surface area (Å²) in [4.78, 5) is 49.5. The van der Waals surface area contributed by atoms with Crippen molar-refractivity contribution in [1.82, 2.24) is 0 Å². The normalized spacial score (nSPS) is 20.4. The van der Waals surface area contributed by atoms with Gasteiger partial charge in [0.05, 0.1) is 16.4 Å². The van der Waals surface area contributed by atoms with Crippen molar-refractivity contribution in [2.24, 2.45) is 0 Å². The molecule has 1 heterocycles. The Balaban J connectivity index is 1.83. The Labute approximate surface area is 219 Å². The minimum absolute atomic E-state index is 0.109. The minimum atomic E-state index is -1.22. The smallest absolute Gasteiger partial charge is 0.461 e. The second-order valence-electron chi connectivity index (χ2n) is 8.28. The molecule has 0 amide bonds. The quantitative estimate of drug-likeness (QED) is 0.264. The van der Waals surface area contributed by atoms with Gasteiger partial charge in [0.2, 0.25) is 0 Å². The Morgan fingerprint density at radius 3 is 1.92 bits per heavy atom. The van der Waals surface area contributed by atoms with Crippen molar-refractivity contribution >= 4 is 35.8 Å². The first-order valence-corrected chi connectivity index (χ1v) is 12.4. The van der Waals surface area contributed by atoms with Crippen LogP contribution in [0.5, 0.6) is 0 Å². The lowest BCUT2D eigenvalue weighted by Gasteiger charge is -2.25. The highest BCUT2D eigenvalue weighted by Gasteiger charge is 2.52. The van der Waals surface area contributed by atoms with Crippen LogP contribution in [0, 0.1) is 13.8 Å². The molecule has 1 saturated heterocycles. The van der Waals surface area contributed by atoms with Crippen molar-refractivity contribution in [3.8, 4) is 0 Å². The highest BCUT2D eigenvalue weighted by atomic mass is 32.2. The maximum Gasteiger partial charge on any atom is 0.509 e. The molecular weight excluding hydrogens is 500 g/mol. The third kappa shape index (κ3) is 7.85. The first kappa shape index (κ1) is 27.8. The summed E-state index contributed by atoms with van der Waals surface area (Å²) in [6.45, 7) is 8.13. The number of carbonyl (C=O) groups excluding carboxylic acids is 4. The maximum atomic E-state index is 12.9. The van der Waals surface area contributed by atoms with Gasteiger partial charge in [0, 0.05) is 6.92 Å². The molecule has 0 N–H and O–H groups in total. The van der Waals surface area contributed by atoms with Gasteiger partial charge in [-0.15, -0.1) is 11.8 Å². The van der Waals surface area contributed by atoms with Crippen molar-refractivity contribution in [3.63, 3.8) is 0 Å². The van der Waals surface area contributed by atoms with Gasteiger partial charge in [0.1, 0.15) is 13.2 Å². The fourth-order valence-electron chi connectivity index (χ4n) is 3.44. The fraction of sp³-hybridized carbons (Fsp3) is 0.333. The van der Waals surface area contributed by atoms with Crippen LogP contribution in [0.2, 0.25) is 0 Å². The SMILES string of the molecule is C=CCOC(=O)O[C@H]1C(OC(C)=O)S[C@H](COC(=O)c2ccc(C)cc2)[C@@H]1OC(=O)c1ccc(C)cc1. The molecule has 1 unspecified atom stereocenters. The number of ether oxygens (including phenoxy) is 5. The van der Waals surface area contributed by atoms with Crippen LogP contribution < -0.4 is 0 Å². The van der Waals surface area contributed by atoms with Crippen LogP contribution in [0.4, 0.5) is 4.79 Å². The summed E-state index contributed by atoms with van der Waals surface area (Å²) >= 11 is 1.05. The van der Waals surface area contributed by atoms with E-state index in [2.05, 4.69) is 6.58 Å². The zero-order valence-corrected chi connectivity index (χ0v) is 21.5. The number of aryl methyl sites for hydroxylation is 2. The Bertz CT molecular complexity index is 1130. The number of carbonyl (C=O) groups is 4. The number of esters is 3. The second kappa shape index (κ2) is 13.0. The van der Waals surface area contributed by atoms with Gasteiger partial charge in [-0.1, -0.05) is 48.0 Å². The van der Waals surface area contributed by atoms with Gasteiger partial charge in [-0.2, -0.15) is 0 Å². The number of hydrogen-bond acceptors (Lipinski definition) is 10. The standard InChI is InChI=1S/C27H28O9S/c1-5-14-32-27(31)36-23-22(35-25(30)20-12-8-17(3)9-13-20)21(37-26(23)34-18(4)28)15-33-24(29)19-10-6-16(2)7-11-19/h5-13,21-23,26H,1,14-15H2,2-4H3/t21-,22+,23-,26?/m1/s1. The Morgan fingerprint density at radius 2 is 1.38 bits per heavy atom. The molecular formula is C27H28O9S. The molecule has 0 bridgehead atoms. The van der Waals surface area contributed by atoms with Crippen LogP contribution in [0.3, 0.4) is 0 Å². The van der Waals surface area contributed by atoms with Crippen molar-refractivity contribution < 1.29 is 42.9 Å². The van der Waals surface area contributed by atoms with Gasteiger partial charge in [-0.25, -0.2) is 14.4 Å². The van der Waals surface area contributed by atoms with Gasteiger partial charge in [-0.3, -0.25) is 4.79 Å². The van der Waals surface area contributed by atoms with Crippen LogP contribution in [0.25, 0.3) is 0 Å². The summed E-state index contributed by atoms with van der Waals surface area (Å²) in [7, 11) is 0. The average molecular weight is 529 g/mol. The molecule has 4 atom stereocenters. The molecule has 37 heavy (non-hydrogen) atoms. The largest absolute Gasteiger partial charge is 0.509 e. The molecule has 0 aromatic heterocycles. The van der Waals surface area contributed by atoms with Crippen LogP contribution in [0.1, 0.15) is 38.8 Å². The van der Waals surface area contributed by atoms with E-state index in [9.17, 15) is 19.2 Å². The molecule has 10 heteroatoms. The zero-order valence-electron chi connectivity index (χ0n) is 20.7. The number of rotatable bonds is 9. The summed E-state index contributed by atoms with van der Waals surface area (Å²) in [5.74, 6) is -1.90. The van der Waals surface area contributed by atoms with E-state index >= 15 is 0 Å². The van der Waals surface area contributed by atoms with Gasteiger partial charge in [0.15, 0.2) is 17.6 Å². The van der Waals surface area contributed by atoms with Crippen LogP contribution in [0.15, 0.2) is 61.2 Å². The van der Waals surface area contributed by atoms with Gasteiger partial charge in [-0.05, 0) is 38.1 Å². The molecule has 0 radical (unpaired) electrons. The topological polar surface area (TPSA) is 114 Å². The first-order valence-electron chi connectivity index (χ1n) is 11.5. The summed E-state index contributed by atoms with van der Waals surface area (Å²) in [6, 6.07) is 13.5. The lowest BCUT2D eigenvalue weighted by atomic mass is 10.1. The summed E-state index contributed by atoms with van der Waals surface area (Å²) in [6.07, 6.45) is -2.04. The Kier molecular flexibility index (Phi) is 9.73. The van der Waals surface area contributed by atoms with E-state index in [1.165, 1.54) is 13.0 Å². The van der Waals surface area contributed by atoms with Crippen LogP contribution in [-0.2, 0) is 28.5 Å². The van der Waals surface area contributed by atoms with Crippen molar-refractivity contribution in [1.29, 1.82) is 0 Å². The minimum Gasteiger partial charge on any atom is -0.461 e. The number of benzene rings is 2. The molecule has 2 aromatic carbocycles. The molecule has 0 saturated carbocycles. The molecule has 2 aromatic rings. The van der Waals surface area contributed by atoms with Gasteiger partial charge >= 0.3 is 24.1 Å². The Morgan fingerprint density at radius 1 is 0.811 bits per heavy atom. The van der Waals surface area contributed by atoms with E-state index in [1.54, 1.807) is 48.5 Å². The molecule has 196 valence electrons. The third-order valence-electron chi connectivity index (χ3n) is 5.30. The average Bonchev–Trinajstić information content (AvgIpc) is 3.16. The van der Waals surface area contributed by atoms with E-state index in [4.69, 9.17) is 23.7 Å². The summed E-state index contributed by atoms with van der Waals surface area (Å²) in [5, 5.41) is -0.717. The van der Waals surface area contributed by atoms with E-state index < -0.39 is 47.0 Å². The lowest BCUT2D eigenvalue weighted by Crippen LogP contribution is -2.42. The molecule has 1 fully saturated rings. The van der Waals surface area contributed by atoms with Crippen molar-refractivity contribution in [2.45, 2.75) is 43.7 Å². The van der Waals surface area contributed by atoms with Crippen molar-refractivity contribution in [2.75, 3.05) is 13.2 Å². The molecule has 0 spiro atoms. The Hall–Kier alpha value is -3.79. The molecule has 9 nitrogen and oxygen atoms in total. The van der Waals surface area contributed by atoms with Gasteiger partial charge in [0.25, 0.3) is 0 Å². The predicted molar refractivity (Wildman–Crippen MR) is 135 cm³/mol. The monoisotopic (exact) mass is 528 g/mol. The molecule has 3 rings (SSSR count). The van der Waals surface area contributed by atoms with E-state index in [1.807, 2.05) is 13.8 Å². The lowest BCUT2D eigenvalue weighted by molar-refractivity contribution is -0.149.